The molecule has 10 nitrogen and oxygen atoms in total. The minimum absolute atomic E-state index is 0.318. The third-order valence-corrected chi connectivity index (χ3v) is 4.84. The molecule has 0 fully saturated rings. The smallest absolute Gasteiger partial charge is 0.254 e. The van der Waals surface area contributed by atoms with Gasteiger partial charge in [-0.1, -0.05) is 6.07 Å². The highest BCUT2D eigenvalue weighted by Crippen LogP contribution is 2.37. The summed E-state index contributed by atoms with van der Waals surface area (Å²) < 4.78 is 19.2. The van der Waals surface area contributed by atoms with E-state index in [1.165, 1.54) is 19.6 Å². The molecular formula is C22H21FN8O2. The Labute approximate surface area is 188 Å². The molecule has 0 unspecified atom stereocenters. The van der Waals surface area contributed by atoms with Crippen LogP contribution in [-0.2, 0) is 0 Å². The number of aromatic amines is 1. The van der Waals surface area contributed by atoms with E-state index in [0.717, 1.165) is 6.20 Å². The van der Waals surface area contributed by atoms with Crippen LogP contribution in [0.1, 0.15) is 15.9 Å². The number of benzene rings is 1. The number of hydrogen-bond acceptors (Lipinski definition) is 8. The first-order valence-electron chi connectivity index (χ1n) is 9.91. The lowest BCUT2D eigenvalue weighted by Gasteiger charge is -2.17. The lowest BCUT2D eigenvalue weighted by atomic mass is 10.1. The van der Waals surface area contributed by atoms with Crippen LogP contribution in [0.2, 0.25) is 0 Å². The van der Waals surface area contributed by atoms with Crippen LogP contribution >= 0.6 is 0 Å². The molecule has 0 aliphatic heterocycles. The van der Waals surface area contributed by atoms with E-state index in [1.54, 1.807) is 26.2 Å². The first-order valence-corrected chi connectivity index (χ1v) is 9.91. The van der Waals surface area contributed by atoms with Gasteiger partial charge in [0.1, 0.15) is 23.8 Å². The van der Waals surface area contributed by atoms with E-state index in [2.05, 4.69) is 41.1 Å². The van der Waals surface area contributed by atoms with E-state index in [-0.39, 0.29) is 5.91 Å². The van der Waals surface area contributed by atoms with Crippen molar-refractivity contribution in [2.45, 2.75) is 6.92 Å². The second kappa shape index (κ2) is 9.30. The van der Waals surface area contributed by atoms with Crippen LogP contribution in [0.15, 0.2) is 49.1 Å². The van der Waals surface area contributed by atoms with E-state index in [9.17, 15) is 9.18 Å². The fourth-order valence-electron chi connectivity index (χ4n) is 3.20. The molecule has 4 N–H and O–H groups in total. The molecule has 0 aliphatic rings. The number of pyridine rings is 2. The summed E-state index contributed by atoms with van der Waals surface area (Å²) in [6, 6.07) is 8.71. The molecule has 33 heavy (non-hydrogen) atoms. The molecule has 168 valence electrons. The van der Waals surface area contributed by atoms with Crippen LogP contribution < -0.4 is 20.7 Å². The number of rotatable bonds is 7. The van der Waals surface area contributed by atoms with Crippen LogP contribution in [0.4, 0.5) is 27.4 Å². The Morgan fingerprint density at radius 3 is 2.55 bits per heavy atom. The standard InChI is InChI=1S/C22H21FN8O2/c1-12-7-18(26-10-15(12)23)30-19-8-17(14(9-25-19)22(32)24-2)29-16-6-4-5-13(20(16)33-3)21-27-11-28-31-21/h4-11H,1-3H3,(H,24,32)(H,27,28,31)(H2,25,26,29,30). The third-order valence-electron chi connectivity index (χ3n) is 4.84. The van der Waals surface area contributed by atoms with Gasteiger partial charge in [0.15, 0.2) is 11.6 Å². The number of aryl methyl sites for hydroxylation is 1. The Morgan fingerprint density at radius 1 is 1.06 bits per heavy atom. The van der Waals surface area contributed by atoms with Gasteiger partial charge in [-0.25, -0.2) is 19.3 Å². The number of carbonyl (C=O) groups excluding carboxylic acids is 1. The molecule has 1 aromatic carbocycles. The van der Waals surface area contributed by atoms with Gasteiger partial charge in [0.2, 0.25) is 0 Å². The molecule has 0 bridgehead atoms. The topological polar surface area (TPSA) is 130 Å². The number of hydrogen-bond donors (Lipinski definition) is 4. The molecule has 3 heterocycles. The highest BCUT2D eigenvalue weighted by molar-refractivity contribution is 6.00. The monoisotopic (exact) mass is 448 g/mol. The highest BCUT2D eigenvalue weighted by atomic mass is 19.1. The maximum absolute atomic E-state index is 13.5. The van der Waals surface area contributed by atoms with E-state index in [0.29, 0.717) is 51.3 Å². The molecule has 0 spiro atoms. The number of ether oxygens (including phenoxy) is 1. The number of H-pyrrole nitrogens is 1. The van der Waals surface area contributed by atoms with Crippen molar-refractivity contribution in [3.63, 3.8) is 0 Å². The summed E-state index contributed by atoms with van der Waals surface area (Å²) in [5, 5.41) is 15.6. The van der Waals surface area contributed by atoms with E-state index in [4.69, 9.17) is 4.74 Å². The van der Waals surface area contributed by atoms with Crippen molar-refractivity contribution in [1.29, 1.82) is 0 Å². The predicted octanol–water partition coefficient (Wildman–Crippen LogP) is 3.56. The Morgan fingerprint density at radius 2 is 1.85 bits per heavy atom. The Bertz CT molecular complexity index is 1290. The van der Waals surface area contributed by atoms with E-state index in [1.807, 2.05) is 18.2 Å². The molecule has 4 aromatic rings. The minimum atomic E-state index is -0.399. The predicted molar refractivity (Wildman–Crippen MR) is 121 cm³/mol. The fourth-order valence-corrected chi connectivity index (χ4v) is 3.20. The summed E-state index contributed by atoms with van der Waals surface area (Å²) >= 11 is 0. The number of para-hydroxylation sites is 1. The van der Waals surface area contributed by atoms with Crippen molar-refractivity contribution < 1.29 is 13.9 Å². The maximum atomic E-state index is 13.5. The quantitative estimate of drug-likeness (QED) is 0.338. The zero-order chi connectivity index (χ0) is 23.4. The fraction of sp³-hybridized carbons (Fsp3) is 0.136. The van der Waals surface area contributed by atoms with Crippen LogP contribution in [0.3, 0.4) is 0 Å². The van der Waals surface area contributed by atoms with Gasteiger partial charge >= 0.3 is 0 Å². The van der Waals surface area contributed by atoms with Crippen molar-refractivity contribution in [3.05, 3.63) is 66.0 Å². The first-order chi connectivity index (χ1) is 16.0. The second-order valence-electron chi connectivity index (χ2n) is 6.98. The van der Waals surface area contributed by atoms with Crippen LogP contribution in [0.25, 0.3) is 11.4 Å². The molecule has 0 saturated carbocycles. The number of anilines is 4. The summed E-state index contributed by atoms with van der Waals surface area (Å²) in [4.78, 5) is 25.0. The van der Waals surface area contributed by atoms with Gasteiger partial charge in [-0.15, -0.1) is 0 Å². The van der Waals surface area contributed by atoms with Crippen molar-refractivity contribution >= 4 is 28.9 Å². The van der Waals surface area contributed by atoms with Gasteiger partial charge in [-0.3, -0.25) is 9.89 Å². The van der Waals surface area contributed by atoms with E-state index < -0.39 is 5.82 Å². The first kappa shape index (κ1) is 21.7. The zero-order valence-electron chi connectivity index (χ0n) is 18.1. The number of aromatic nitrogens is 5. The molecule has 11 heteroatoms. The van der Waals surface area contributed by atoms with Crippen molar-refractivity contribution in [2.24, 2.45) is 0 Å². The Balaban J connectivity index is 1.73. The van der Waals surface area contributed by atoms with Crippen LogP contribution in [-0.4, -0.2) is 45.2 Å². The summed E-state index contributed by atoms with van der Waals surface area (Å²) in [5.41, 5.74) is 2.53. The van der Waals surface area contributed by atoms with Crippen LogP contribution in [0.5, 0.6) is 5.75 Å². The number of amides is 1. The van der Waals surface area contributed by atoms with Crippen molar-refractivity contribution in [1.82, 2.24) is 30.5 Å². The molecule has 0 atom stereocenters. The SMILES string of the molecule is CNC(=O)c1cnc(Nc2cc(C)c(F)cn2)cc1Nc1cccc(-c2ncn[nH]2)c1OC. The Hall–Kier alpha value is -4.54. The third kappa shape index (κ3) is 4.56. The number of halogens is 1. The van der Waals surface area contributed by atoms with E-state index >= 15 is 0 Å². The molecule has 1 amide bonds. The maximum Gasteiger partial charge on any atom is 0.254 e. The lowest BCUT2D eigenvalue weighted by Crippen LogP contribution is -2.19. The van der Waals surface area contributed by atoms with Crippen molar-refractivity contribution in [3.8, 4) is 17.1 Å². The van der Waals surface area contributed by atoms with Gasteiger partial charge in [0, 0.05) is 19.3 Å². The number of nitrogens with one attached hydrogen (secondary N) is 4. The molecule has 3 aromatic heterocycles. The molecular weight excluding hydrogens is 427 g/mol. The zero-order valence-corrected chi connectivity index (χ0v) is 18.1. The van der Waals surface area contributed by atoms with Crippen LogP contribution in [0, 0.1) is 12.7 Å². The van der Waals surface area contributed by atoms with Gasteiger partial charge in [-0.2, -0.15) is 5.10 Å². The highest BCUT2D eigenvalue weighted by Gasteiger charge is 2.17. The van der Waals surface area contributed by atoms with Gasteiger partial charge in [0.25, 0.3) is 5.91 Å². The molecule has 0 aliphatic carbocycles. The van der Waals surface area contributed by atoms with Gasteiger partial charge in [0.05, 0.1) is 35.8 Å². The molecule has 0 saturated heterocycles. The number of carbonyl (C=O) groups is 1. The number of nitrogens with zero attached hydrogens (tertiary/aromatic N) is 4. The average Bonchev–Trinajstić information content (AvgIpc) is 3.36. The molecule has 4 rings (SSSR count). The number of methoxy groups -OCH3 is 1. The average molecular weight is 448 g/mol. The van der Waals surface area contributed by atoms with Gasteiger partial charge < -0.3 is 20.7 Å². The largest absolute Gasteiger partial charge is 0.494 e. The summed E-state index contributed by atoms with van der Waals surface area (Å²) in [6.07, 6.45) is 3.98. The molecule has 0 radical (unpaired) electrons. The normalized spacial score (nSPS) is 10.5. The summed E-state index contributed by atoms with van der Waals surface area (Å²) in [7, 11) is 3.08. The van der Waals surface area contributed by atoms with Gasteiger partial charge in [-0.05, 0) is 30.7 Å². The van der Waals surface area contributed by atoms with Crippen molar-refractivity contribution in [2.75, 3.05) is 24.8 Å². The lowest BCUT2D eigenvalue weighted by molar-refractivity contribution is 0.0963. The minimum Gasteiger partial charge on any atom is -0.494 e. The summed E-state index contributed by atoms with van der Waals surface area (Å²) in [6.45, 7) is 1.64. The Kier molecular flexibility index (Phi) is 6.11. The second-order valence-corrected chi connectivity index (χ2v) is 6.98. The summed E-state index contributed by atoms with van der Waals surface area (Å²) in [5.74, 6) is 1.16.